The Hall–Kier alpha value is -1.39. The van der Waals surface area contributed by atoms with Gasteiger partial charge in [0, 0.05) is 18.5 Å². The maximum Gasteiger partial charge on any atom is 0.119 e. The normalized spacial score (nSPS) is 10.6. The summed E-state index contributed by atoms with van der Waals surface area (Å²) in [5.41, 5.74) is 2.38. The molecule has 0 amide bonds. The molecule has 0 saturated heterocycles. The first-order valence-corrected chi connectivity index (χ1v) is 7.49. The molecular weight excluding hydrogens is 256 g/mol. The zero-order chi connectivity index (χ0) is 13.5. The van der Waals surface area contributed by atoms with Crippen molar-refractivity contribution < 1.29 is 4.74 Å². The van der Waals surface area contributed by atoms with Gasteiger partial charge < -0.3 is 10.1 Å². The van der Waals surface area contributed by atoms with Crippen LogP contribution < -0.4 is 10.1 Å². The summed E-state index contributed by atoms with van der Waals surface area (Å²) in [6.07, 6.45) is 1.04. The summed E-state index contributed by atoms with van der Waals surface area (Å²) in [6, 6.07) is 8.26. The smallest absolute Gasteiger partial charge is 0.119 e. The Morgan fingerprint density at radius 2 is 2.00 bits per heavy atom. The van der Waals surface area contributed by atoms with Gasteiger partial charge in [0.2, 0.25) is 0 Å². The molecular formula is C15H20N2OS. The van der Waals surface area contributed by atoms with Crippen LogP contribution in [0.25, 0.3) is 0 Å². The van der Waals surface area contributed by atoms with Crippen LogP contribution in [-0.4, -0.2) is 11.6 Å². The predicted molar refractivity (Wildman–Crippen MR) is 79.6 cm³/mol. The van der Waals surface area contributed by atoms with Crippen LogP contribution in [0, 0.1) is 6.92 Å². The van der Waals surface area contributed by atoms with E-state index in [4.69, 9.17) is 4.74 Å². The highest BCUT2D eigenvalue weighted by Crippen LogP contribution is 2.13. The SMILES string of the molecule is CCCOc1ccc(CNCc2csc(C)n2)cc1. The number of benzene rings is 1. The summed E-state index contributed by atoms with van der Waals surface area (Å²) < 4.78 is 5.56. The average molecular weight is 276 g/mol. The zero-order valence-electron chi connectivity index (χ0n) is 11.5. The lowest BCUT2D eigenvalue weighted by Gasteiger charge is -2.06. The third-order valence-corrected chi connectivity index (χ3v) is 3.52. The number of aryl methyl sites for hydroxylation is 1. The third-order valence-electron chi connectivity index (χ3n) is 2.70. The molecule has 0 atom stereocenters. The lowest BCUT2D eigenvalue weighted by Crippen LogP contribution is -2.12. The Labute approximate surface area is 118 Å². The van der Waals surface area contributed by atoms with Gasteiger partial charge in [-0.15, -0.1) is 11.3 Å². The molecule has 0 aliphatic heterocycles. The van der Waals surface area contributed by atoms with Crippen molar-refractivity contribution in [1.82, 2.24) is 10.3 Å². The van der Waals surface area contributed by atoms with Crippen molar-refractivity contribution in [2.45, 2.75) is 33.4 Å². The number of nitrogens with zero attached hydrogens (tertiary/aromatic N) is 1. The van der Waals surface area contributed by atoms with E-state index in [9.17, 15) is 0 Å². The van der Waals surface area contributed by atoms with Gasteiger partial charge in [0.05, 0.1) is 17.3 Å². The van der Waals surface area contributed by atoms with E-state index in [-0.39, 0.29) is 0 Å². The largest absolute Gasteiger partial charge is 0.494 e. The van der Waals surface area contributed by atoms with E-state index < -0.39 is 0 Å². The highest BCUT2D eigenvalue weighted by molar-refractivity contribution is 7.09. The van der Waals surface area contributed by atoms with Gasteiger partial charge in [0.1, 0.15) is 5.75 Å². The van der Waals surface area contributed by atoms with Crippen LogP contribution in [0.2, 0.25) is 0 Å². The van der Waals surface area contributed by atoms with Gasteiger partial charge in [0.25, 0.3) is 0 Å². The summed E-state index contributed by atoms with van der Waals surface area (Å²) in [4.78, 5) is 4.43. The number of hydrogen-bond acceptors (Lipinski definition) is 4. The van der Waals surface area contributed by atoms with Gasteiger partial charge in [-0.2, -0.15) is 0 Å². The van der Waals surface area contributed by atoms with E-state index in [0.29, 0.717) is 0 Å². The molecule has 0 aliphatic carbocycles. The second-order valence-electron chi connectivity index (χ2n) is 4.45. The van der Waals surface area contributed by atoms with Gasteiger partial charge in [-0.25, -0.2) is 4.98 Å². The Balaban J connectivity index is 1.76. The molecule has 102 valence electrons. The van der Waals surface area contributed by atoms with Crippen molar-refractivity contribution in [3.8, 4) is 5.75 Å². The first-order valence-electron chi connectivity index (χ1n) is 6.61. The zero-order valence-corrected chi connectivity index (χ0v) is 12.3. The summed E-state index contributed by atoms with van der Waals surface area (Å²) in [5, 5.41) is 6.62. The van der Waals surface area contributed by atoms with E-state index in [1.165, 1.54) is 5.56 Å². The Bertz CT molecular complexity index is 493. The average Bonchev–Trinajstić information content (AvgIpc) is 2.84. The van der Waals surface area contributed by atoms with E-state index >= 15 is 0 Å². The fourth-order valence-electron chi connectivity index (χ4n) is 1.75. The first kappa shape index (κ1) is 14.0. The highest BCUT2D eigenvalue weighted by Gasteiger charge is 1.99. The molecule has 1 aromatic carbocycles. The van der Waals surface area contributed by atoms with Crippen LogP contribution in [0.4, 0.5) is 0 Å². The van der Waals surface area contributed by atoms with Crippen LogP contribution in [-0.2, 0) is 13.1 Å². The van der Waals surface area contributed by atoms with Gasteiger partial charge in [-0.3, -0.25) is 0 Å². The fraction of sp³-hybridized carbons (Fsp3) is 0.400. The molecule has 0 aliphatic rings. The van der Waals surface area contributed by atoms with Gasteiger partial charge in [-0.1, -0.05) is 19.1 Å². The second-order valence-corrected chi connectivity index (χ2v) is 5.52. The van der Waals surface area contributed by atoms with E-state index in [1.54, 1.807) is 11.3 Å². The number of hydrogen-bond donors (Lipinski definition) is 1. The van der Waals surface area contributed by atoms with E-state index in [0.717, 1.165) is 42.6 Å². The van der Waals surface area contributed by atoms with E-state index in [2.05, 4.69) is 34.7 Å². The second kappa shape index (κ2) is 7.26. The summed E-state index contributed by atoms with van der Waals surface area (Å²) >= 11 is 1.69. The van der Waals surface area contributed by atoms with Crippen LogP contribution in [0.3, 0.4) is 0 Å². The Kier molecular flexibility index (Phi) is 5.36. The summed E-state index contributed by atoms with van der Waals surface area (Å²) in [7, 11) is 0. The molecule has 1 heterocycles. The Morgan fingerprint density at radius 3 is 2.63 bits per heavy atom. The molecule has 3 nitrogen and oxygen atoms in total. The van der Waals surface area contributed by atoms with Gasteiger partial charge >= 0.3 is 0 Å². The molecule has 0 bridgehead atoms. The molecule has 0 radical (unpaired) electrons. The monoisotopic (exact) mass is 276 g/mol. The number of thiazole rings is 1. The van der Waals surface area contributed by atoms with Crippen LogP contribution in [0.1, 0.15) is 29.6 Å². The van der Waals surface area contributed by atoms with Crippen molar-refractivity contribution in [3.05, 3.63) is 45.9 Å². The maximum atomic E-state index is 5.56. The molecule has 0 spiro atoms. The molecule has 0 fully saturated rings. The molecule has 1 aromatic heterocycles. The molecule has 1 N–H and O–H groups in total. The molecule has 4 heteroatoms. The maximum absolute atomic E-state index is 5.56. The van der Waals surface area contributed by atoms with Crippen molar-refractivity contribution in [2.24, 2.45) is 0 Å². The van der Waals surface area contributed by atoms with Crippen LogP contribution in [0.5, 0.6) is 5.75 Å². The van der Waals surface area contributed by atoms with Gasteiger partial charge in [0.15, 0.2) is 0 Å². The molecule has 2 aromatic rings. The summed E-state index contributed by atoms with van der Waals surface area (Å²) in [5.74, 6) is 0.945. The molecule has 0 unspecified atom stereocenters. The highest BCUT2D eigenvalue weighted by atomic mass is 32.1. The first-order chi connectivity index (χ1) is 9.28. The molecule has 19 heavy (non-hydrogen) atoms. The fourth-order valence-corrected chi connectivity index (χ4v) is 2.36. The molecule has 2 rings (SSSR count). The van der Waals surface area contributed by atoms with Crippen molar-refractivity contribution in [1.29, 1.82) is 0 Å². The number of ether oxygens (including phenoxy) is 1. The van der Waals surface area contributed by atoms with Gasteiger partial charge in [-0.05, 0) is 31.0 Å². The Morgan fingerprint density at radius 1 is 1.21 bits per heavy atom. The topological polar surface area (TPSA) is 34.1 Å². The van der Waals surface area contributed by atoms with Crippen molar-refractivity contribution in [2.75, 3.05) is 6.61 Å². The standard InChI is InChI=1S/C15H20N2OS/c1-3-8-18-15-6-4-13(5-7-15)9-16-10-14-11-19-12(2)17-14/h4-7,11,16H,3,8-10H2,1-2H3. The van der Waals surface area contributed by atoms with Crippen molar-refractivity contribution in [3.63, 3.8) is 0 Å². The number of nitrogens with one attached hydrogen (secondary N) is 1. The summed E-state index contributed by atoms with van der Waals surface area (Å²) in [6.45, 7) is 6.59. The predicted octanol–water partition coefficient (Wildman–Crippen LogP) is 3.53. The quantitative estimate of drug-likeness (QED) is 0.840. The third kappa shape index (κ3) is 4.65. The minimum Gasteiger partial charge on any atom is -0.494 e. The minimum atomic E-state index is 0.779. The van der Waals surface area contributed by atoms with Crippen LogP contribution in [0.15, 0.2) is 29.6 Å². The van der Waals surface area contributed by atoms with E-state index in [1.807, 2.05) is 19.1 Å². The number of aromatic nitrogens is 1. The number of rotatable bonds is 7. The van der Waals surface area contributed by atoms with Crippen molar-refractivity contribution >= 4 is 11.3 Å². The lowest BCUT2D eigenvalue weighted by atomic mass is 10.2. The lowest BCUT2D eigenvalue weighted by molar-refractivity contribution is 0.317. The molecule has 0 saturated carbocycles. The minimum absolute atomic E-state index is 0.779. The van der Waals surface area contributed by atoms with Crippen LogP contribution >= 0.6 is 11.3 Å².